The number of pyridine rings is 1. The minimum atomic E-state index is -0.993. The Kier molecular flexibility index (Phi) is 5.18. The minimum Gasteiger partial charge on any atom is -0.497 e. The van der Waals surface area contributed by atoms with Crippen LogP contribution in [0.25, 0.3) is 0 Å². The average Bonchev–Trinajstić information content (AvgIpc) is 2.68. The van der Waals surface area contributed by atoms with Gasteiger partial charge in [0.05, 0.1) is 24.7 Å². The third kappa shape index (κ3) is 3.80. The van der Waals surface area contributed by atoms with Gasteiger partial charge in [0.2, 0.25) is 0 Å². The zero-order valence-corrected chi connectivity index (χ0v) is 15.6. The van der Waals surface area contributed by atoms with E-state index >= 15 is 0 Å². The molecule has 2 aromatic rings. The van der Waals surface area contributed by atoms with Gasteiger partial charge in [-0.25, -0.2) is 4.98 Å². The molecule has 2 heterocycles. The van der Waals surface area contributed by atoms with Gasteiger partial charge in [0.25, 0.3) is 5.69 Å². The van der Waals surface area contributed by atoms with Crippen LogP contribution in [0, 0.1) is 17.0 Å². The fourth-order valence-electron chi connectivity index (χ4n) is 3.44. The van der Waals surface area contributed by atoms with Crippen molar-refractivity contribution in [3.8, 4) is 11.5 Å². The number of nitrogens with zero attached hydrogens (tertiary/aromatic N) is 3. The average molecular weight is 373 g/mol. The Morgan fingerprint density at radius 1 is 1.15 bits per heavy atom. The molecule has 1 saturated heterocycles. The van der Waals surface area contributed by atoms with Crippen molar-refractivity contribution in [2.24, 2.45) is 0 Å². The first-order valence-electron chi connectivity index (χ1n) is 8.68. The summed E-state index contributed by atoms with van der Waals surface area (Å²) in [4.78, 5) is 16.7. The quantitative estimate of drug-likeness (QED) is 0.635. The van der Waals surface area contributed by atoms with Gasteiger partial charge in [-0.2, -0.15) is 0 Å². The molecule has 0 unspecified atom stereocenters. The van der Waals surface area contributed by atoms with Crippen molar-refractivity contribution < 1.29 is 19.5 Å². The van der Waals surface area contributed by atoms with E-state index in [1.165, 1.54) is 12.3 Å². The van der Waals surface area contributed by atoms with Crippen molar-refractivity contribution >= 4 is 11.5 Å². The molecule has 144 valence electrons. The van der Waals surface area contributed by atoms with Gasteiger partial charge in [0.1, 0.15) is 23.5 Å². The van der Waals surface area contributed by atoms with E-state index < -0.39 is 10.5 Å². The first-order valence-corrected chi connectivity index (χ1v) is 8.68. The second kappa shape index (κ2) is 7.40. The fraction of sp³-hybridized carbons (Fsp3) is 0.421. The molecule has 3 rings (SSSR count). The van der Waals surface area contributed by atoms with Gasteiger partial charge in [-0.05, 0) is 43.0 Å². The molecule has 1 aliphatic rings. The van der Waals surface area contributed by atoms with Crippen LogP contribution in [0.1, 0.15) is 24.0 Å². The molecule has 0 bridgehead atoms. The SMILES string of the molecule is COc1cc(OC)cc(C2(O)CCN(c3ncc([N+](=O)[O-])cc3C)CC2)c1. The standard InChI is InChI=1S/C19H23N3O5/c1-13-8-15(22(24)25)12-20-18(13)21-6-4-19(23,5-7-21)14-9-16(26-2)11-17(10-14)27-3/h8-12,23H,4-7H2,1-3H3. The topological polar surface area (TPSA) is 98.0 Å². The van der Waals surface area contributed by atoms with E-state index in [2.05, 4.69) is 4.98 Å². The van der Waals surface area contributed by atoms with Gasteiger partial charge in [0.15, 0.2) is 0 Å². The van der Waals surface area contributed by atoms with E-state index in [0.717, 1.165) is 11.1 Å². The molecule has 1 aliphatic heterocycles. The Balaban J connectivity index is 1.79. The smallest absolute Gasteiger partial charge is 0.287 e. The summed E-state index contributed by atoms with van der Waals surface area (Å²) in [6, 6.07) is 6.95. The van der Waals surface area contributed by atoms with Gasteiger partial charge in [-0.15, -0.1) is 0 Å². The summed E-state index contributed by atoms with van der Waals surface area (Å²) >= 11 is 0. The summed E-state index contributed by atoms with van der Waals surface area (Å²) in [7, 11) is 3.16. The minimum absolute atomic E-state index is 0.0201. The monoisotopic (exact) mass is 373 g/mol. The second-order valence-electron chi connectivity index (χ2n) is 6.71. The fourth-order valence-corrected chi connectivity index (χ4v) is 3.44. The highest BCUT2D eigenvalue weighted by molar-refractivity contribution is 5.51. The second-order valence-corrected chi connectivity index (χ2v) is 6.71. The Hall–Kier alpha value is -2.87. The lowest BCUT2D eigenvalue weighted by atomic mass is 9.84. The zero-order valence-electron chi connectivity index (χ0n) is 15.6. The van der Waals surface area contributed by atoms with E-state index in [4.69, 9.17) is 9.47 Å². The number of piperidine rings is 1. The number of hydrogen-bond donors (Lipinski definition) is 1. The maximum absolute atomic E-state index is 11.2. The molecule has 1 N–H and O–H groups in total. The molecular weight excluding hydrogens is 350 g/mol. The Morgan fingerprint density at radius 2 is 1.74 bits per heavy atom. The lowest BCUT2D eigenvalue weighted by molar-refractivity contribution is -0.385. The summed E-state index contributed by atoms with van der Waals surface area (Å²) in [6.45, 7) is 2.98. The molecule has 27 heavy (non-hydrogen) atoms. The van der Waals surface area contributed by atoms with Gasteiger partial charge in [-0.1, -0.05) is 0 Å². The molecule has 8 nitrogen and oxygen atoms in total. The van der Waals surface area contributed by atoms with E-state index in [9.17, 15) is 15.2 Å². The highest BCUT2D eigenvalue weighted by atomic mass is 16.6. The van der Waals surface area contributed by atoms with Crippen LogP contribution in [-0.2, 0) is 5.60 Å². The third-order valence-corrected chi connectivity index (χ3v) is 5.03. The summed E-state index contributed by atoms with van der Waals surface area (Å²) in [5.74, 6) is 1.98. The van der Waals surface area contributed by atoms with Gasteiger partial charge >= 0.3 is 0 Å². The molecule has 1 fully saturated rings. The first-order chi connectivity index (χ1) is 12.9. The van der Waals surface area contributed by atoms with Crippen LogP contribution in [-0.4, -0.2) is 42.3 Å². The number of rotatable bonds is 5. The number of aromatic nitrogens is 1. The summed E-state index contributed by atoms with van der Waals surface area (Å²) in [5.41, 5.74) is 0.491. The predicted molar refractivity (Wildman–Crippen MR) is 101 cm³/mol. The Labute approximate surface area is 157 Å². The summed E-state index contributed by atoms with van der Waals surface area (Å²) in [6.07, 6.45) is 2.28. The van der Waals surface area contributed by atoms with Crippen molar-refractivity contribution in [3.63, 3.8) is 0 Å². The van der Waals surface area contributed by atoms with Crippen LogP contribution in [0.5, 0.6) is 11.5 Å². The summed E-state index contributed by atoms with van der Waals surface area (Å²) in [5, 5.41) is 22.1. The van der Waals surface area contributed by atoms with E-state index in [1.807, 2.05) is 24.0 Å². The van der Waals surface area contributed by atoms with Crippen LogP contribution in [0.4, 0.5) is 11.5 Å². The van der Waals surface area contributed by atoms with E-state index in [0.29, 0.717) is 43.2 Å². The van der Waals surface area contributed by atoms with E-state index in [-0.39, 0.29) is 5.69 Å². The normalized spacial score (nSPS) is 16.1. The van der Waals surface area contributed by atoms with Crippen LogP contribution in [0.15, 0.2) is 30.5 Å². The maximum Gasteiger partial charge on any atom is 0.287 e. The number of ether oxygens (including phenoxy) is 2. The van der Waals surface area contributed by atoms with Crippen molar-refractivity contribution in [1.82, 2.24) is 4.98 Å². The van der Waals surface area contributed by atoms with Crippen molar-refractivity contribution in [2.45, 2.75) is 25.4 Å². The number of aryl methyl sites for hydroxylation is 1. The molecule has 0 radical (unpaired) electrons. The van der Waals surface area contributed by atoms with E-state index in [1.54, 1.807) is 20.3 Å². The lowest BCUT2D eigenvalue weighted by Gasteiger charge is -2.39. The number of nitro groups is 1. The van der Waals surface area contributed by atoms with Crippen LogP contribution in [0.3, 0.4) is 0 Å². The maximum atomic E-state index is 11.2. The Morgan fingerprint density at radius 3 is 2.22 bits per heavy atom. The first kappa shape index (κ1) is 18.9. The molecule has 0 atom stereocenters. The lowest BCUT2D eigenvalue weighted by Crippen LogP contribution is -2.43. The number of methoxy groups -OCH3 is 2. The summed E-state index contributed by atoms with van der Waals surface area (Å²) < 4.78 is 10.6. The Bertz CT molecular complexity index is 825. The molecule has 1 aromatic heterocycles. The largest absolute Gasteiger partial charge is 0.497 e. The van der Waals surface area contributed by atoms with Crippen LogP contribution < -0.4 is 14.4 Å². The van der Waals surface area contributed by atoms with Crippen LogP contribution in [0.2, 0.25) is 0 Å². The highest BCUT2D eigenvalue weighted by Gasteiger charge is 2.35. The molecule has 0 amide bonds. The third-order valence-electron chi connectivity index (χ3n) is 5.03. The molecular formula is C19H23N3O5. The molecule has 0 spiro atoms. The molecule has 0 saturated carbocycles. The van der Waals surface area contributed by atoms with Gasteiger partial charge in [-0.3, -0.25) is 10.1 Å². The molecule has 8 heteroatoms. The van der Waals surface area contributed by atoms with Crippen LogP contribution >= 0.6 is 0 Å². The molecule has 0 aliphatic carbocycles. The predicted octanol–water partition coefficient (Wildman–Crippen LogP) is 2.80. The zero-order chi connectivity index (χ0) is 19.6. The molecule has 1 aromatic carbocycles. The van der Waals surface area contributed by atoms with Crippen molar-refractivity contribution in [2.75, 3.05) is 32.2 Å². The highest BCUT2D eigenvalue weighted by Crippen LogP contribution is 2.38. The number of anilines is 1. The van der Waals surface area contributed by atoms with Gasteiger partial charge < -0.3 is 19.5 Å². The number of benzene rings is 1. The van der Waals surface area contributed by atoms with Gasteiger partial charge in [0, 0.05) is 25.2 Å². The number of aliphatic hydroxyl groups is 1. The van der Waals surface area contributed by atoms with Crippen molar-refractivity contribution in [1.29, 1.82) is 0 Å². The van der Waals surface area contributed by atoms with Crippen molar-refractivity contribution in [3.05, 3.63) is 51.7 Å². The number of hydrogen-bond acceptors (Lipinski definition) is 7.